The molecular weight excluding hydrogens is 240 g/mol. The maximum absolute atomic E-state index is 11.6. The van der Waals surface area contributed by atoms with Crippen LogP contribution in [0.5, 0.6) is 0 Å². The molecule has 1 aromatic carbocycles. The summed E-state index contributed by atoms with van der Waals surface area (Å²) in [6.07, 6.45) is 1.53. The minimum absolute atomic E-state index is 0.127. The van der Waals surface area contributed by atoms with Crippen LogP contribution >= 0.6 is 11.3 Å². The summed E-state index contributed by atoms with van der Waals surface area (Å²) in [4.78, 5) is 26.3. The van der Waals surface area contributed by atoms with E-state index in [1.165, 1.54) is 29.7 Å². The first kappa shape index (κ1) is 11.3. The summed E-state index contributed by atoms with van der Waals surface area (Å²) in [7, 11) is 0. The summed E-state index contributed by atoms with van der Waals surface area (Å²) in [6.45, 7) is 0. The van der Waals surface area contributed by atoms with Crippen molar-refractivity contribution < 1.29 is 14.7 Å². The molecule has 0 atom stereocenters. The molecule has 86 valence electrons. The molecule has 2 N–H and O–H groups in total. The second kappa shape index (κ2) is 4.75. The fraction of sp³-hybridized carbons (Fsp3) is 0. The predicted molar refractivity (Wildman–Crippen MR) is 63.5 cm³/mol. The molecule has 1 aromatic heterocycles. The van der Waals surface area contributed by atoms with Crippen molar-refractivity contribution in [1.82, 2.24) is 4.98 Å². The lowest BCUT2D eigenvalue weighted by Gasteiger charge is -2.03. The Morgan fingerprint density at radius 2 is 2.18 bits per heavy atom. The van der Waals surface area contributed by atoms with Gasteiger partial charge in [0.25, 0.3) is 5.91 Å². The van der Waals surface area contributed by atoms with E-state index in [0.717, 1.165) is 0 Å². The number of aromatic carboxylic acids is 1. The first-order chi connectivity index (χ1) is 8.16. The monoisotopic (exact) mass is 248 g/mol. The number of benzene rings is 1. The van der Waals surface area contributed by atoms with Crippen LogP contribution in [0.2, 0.25) is 0 Å². The topological polar surface area (TPSA) is 79.3 Å². The number of carboxylic acid groups (broad SMARTS) is 1. The highest BCUT2D eigenvalue weighted by atomic mass is 32.1. The number of thiazole rings is 1. The molecule has 0 radical (unpaired) electrons. The average molecular weight is 248 g/mol. The number of rotatable bonds is 3. The van der Waals surface area contributed by atoms with Crippen molar-refractivity contribution >= 4 is 28.9 Å². The van der Waals surface area contributed by atoms with E-state index in [1.807, 2.05) is 0 Å². The normalized spacial score (nSPS) is 9.88. The van der Waals surface area contributed by atoms with Crippen molar-refractivity contribution in [3.63, 3.8) is 0 Å². The van der Waals surface area contributed by atoms with Gasteiger partial charge in [0.2, 0.25) is 0 Å². The molecule has 5 nitrogen and oxygen atoms in total. The molecule has 0 unspecified atom stereocenters. The van der Waals surface area contributed by atoms with Crippen LogP contribution in [-0.4, -0.2) is 22.0 Å². The van der Waals surface area contributed by atoms with Crippen LogP contribution in [0.3, 0.4) is 0 Å². The van der Waals surface area contributed by atoms with Gasteiger partial charge in [-0.2, -0.15) is 0 Å². The van der Waals surface area contributed by atoms with Crippen molar-refractivity contribution in [3.05, 3.63) is 46.4 Å². The fourth-order valence-electron chi connectivity index (χ4n) is 1.25. The minimum atomic E-state index is -1.03. The van der Waals surface area contributed by atoms with Crippen molar-refractivity contribution in [2.75, 3.05) is 5.32 Å². The molecule has 0 saturated heterocycles. The van der Waals surface area contributed by atoms with E-state index >= 15 is 0 Å². The van der Waals surface area contributed by atoms with Gasteiger partial charge in [0.15, 0.2) is 5.01 Å². The Kier molecular flexibility index (Phi) is 3.15. The Morgan fingerprint density at radius 1 is 1.35 bits per heavy atom. The Hall–Kier alpha value is -2.21. The SMILES string of the molecule is O=C(O)c1cccc(NC(=O)c2nccs2)c1. The van der Waals surface area contributed by atoms with Crippen molar-refractivity contribution in [1.29, 1.82) is 0 Å². The smallest absolute Gasteiger partial charge is 0.335 e. The number of nitrogens with one attached hydrogen (secondary N) is 1. The number of aromatic nitrogens is 1. The van der Waals surface area contributed by atoms with Crippen LogP contribution in [0.4, 0.5) is 5.69 Å². The molecular formula is C11H8N2O3S. The summed E-state index contributed by atoms with van der Waals surface area (Å²) >= 11 is 1.22. The molecule has 2 rings (SSSR count). The number of anilines is 1. The highest BCUT2D eigenvalue weighted by Gasteiger charge is 2.09. The Bertz CT molecular complexity index is 552. The van der Waals surface area contributed by atoms with E-state index in [0.29, 0.717) is 10.7 Å². The molecule has 0 aliphatic rings. The van der Waals surface area contributed by atoms with Gasteiger partial charge >= 0.3 is 5.97 Å². The lowest BCUT2D eigenvalue weighted by molar-refractivity contribution is 0.0696. The third kappa shape index (κ3) is 2.67. The van der Waals surface area contributed by atoms with Crippen LogP contribution in [-0.2, 0) is 0 Å². The Balaban J connectivity index is 2.16. The maximum Gasteiger partial charge on any atom is 0.335 e. The Labute approximate surface area is 101 Å². The van der Waals surface area contributed by atoms with Gasteiger partial charge in [0.1, 0.15) is 0 Å². The largest absolute Gasteiger partial charge is 0.478 e. The number of nitrogens with zero attached hydrogens (tertiary/aromatic N) is 1. The van der Waals surface area contributed by atoms with Crippen LogP contribution in [0.1, 0.15) is 20.2 Å². The van der Waals surface area contributed by atoms with Crippen molar-refractivity contribution in [2.24, 2.45) is 0 Å². The standard InChI is InChI=1S/C11H8N2O3S/c14-9(10-12-4-5-17-10)13-8-3-1-2-7(6-8)11(15)16/h1-6H,(H,13,14)(H,15,16). The van der Waals surface area contributed by atoms with E-state index < -0.39 is 5.97 Å². The second-order valence-electron chi connectivity index (χ2n) is 3.18. The first-order valence-electron chi connectivity index (χ1n) is 4.71. The lowest BCUT2D eigenvalue weighted by atomic mass is 10.2. The van der Waals surface area contributed by atoms with E-state index in [1.54, 1.807) is 17.5 Å². The third-order valence-corrected chi connectivity index (χ3v) is 2.77. The molecule has 0 fully saturated rings. The predicted octanol–water partition coefficient (Wildman–Crippen LogP) is 2.09. The van der Waals surface area contributed by atoms with Gasteiger partial charge in [-0.3, -0.25) is 4.79 Å². The molecule has 6 heteroatoms. The quantitative estimate of drug-likeness (QED) is 0.871. The molecule has 0 saturated carbocycles. The van der Waals surface area contributed by atoms with Gasteiger partial charge in [-0.05, 0) is 18.2 Å². The van der Waals surface area contributed by atoms with E-state index in [2.05, 4.69) is 10.3 Å². The van der Waals surface area contributed by atoms with Gasteiger partial charge < -0.3 is 10.4 Å². The van der Waals surface area contributed by atoms with Gasteiger partial charge in [-0.25, -0.2) is 9.78 Å². The zero-order chi connectivity index (χ0) is 12.3. The summed E-state index contributed by atoms with van der Waals surface area (Å²) in [5.74, 6) is -1.38. The summed E-state index contributed by atoms with van der Waals surface area (Å²) in [5.41, 5.74) is 0.562. The zero-order valence-electron chi connectivity index (χ0n) is 8.58. The summed E-state index contributed by atoms with van der Waals surface area (Å²) in [5, 5.41) is 13.4. The molecule has 1 amide bonds. The number of carbonyl (C=O) groups is 2. The zero-order valence-corrected chi connectivity index (χ0v) is 9.40. The van der Waals surface area contributed by atoms with Crippen LogP contribution < -0.4 is 5.32 Å². The van der Waals surface area contributed by atoms with E-state index in [-0.39, 0.29) is 11.5 Å². The molecule has 2 aromatic rings. The maximum atomic E-state index is 11.6. The average Bonchev–Trinajstić information content (AvgIpc) is 2.82. The molecule has 0 spiro atoms. The fourth-order valence-corrected chi connectivity index (χ4v) is 1.78. The van der Waals surface area contributed by atoms with E-state index in [9.17, 15) is 9.59 Å². The van der Waals surface area contributed by atoms with Crippen molar-refractivity contribution in [3.8, 4) is 0 Å². The van der Waals surface area contributed by atoms with Crippen LogP contribution in [0.25, 0.3) is 0 Å². The highest BCUT2D eigenvalue weighted by molar-refractivity contribution is 7.11. The number of amides is 1. The number of carbonyl (C=O) groups excluding carboxylic acids is 1. The van der Waals surface area contributed by atoms with E-state index in [4.69, 9.17) is 5.11 Å². The molecule has 0 aliphatic carbocycles. The molecule has 1 heterocycles. The third-order valence-electron chi connectivity index (χ3n) is 1.99. The Morgan fingerprint density at radius 3 is 2.82 bits per heavy atom. The van der Waals surface area contributed by atoms with Gasteiger partial charge in [-0.15, -0.1) is 11.3 Å². The number of hydrogen-bond acceptors (Lipinski definition) is 4. The van der Waals surface area contributed by atoms with Gasteiger partial charge in [0, 0.05) is 17.3 Å². The lowest BCUT2D eigenvalue weighted by Crippen LogP contribution is -2.11. The van der Waals surface area contributed by atoms with Crippen LogP contribution in [0, 0.1) is 0 Å². The van der Waals surface area contributed by atoms with Crippen LogP contribution in [0.15, 0.2) is 35.8 Å². The van der Waals surface area contributed by atoms with Crippen molar-refractivity contribution in [2.45, 2.75) is 0 Å². The van der Waals surface area contributed by atoms with Gasteiger partial charge in [0.05, 0.1) is 5.56 Å². The summed E-state index contributed by atoms with van der Waals surface area (Å²) < 4.78 is 0. The second-order valence-corrected chi connectivity index (χ2v) is 4.07. The minimum Gasteiger partial charge on any atom is -0.478 e. The molecule has 0 bridgehead atoms. The summed E-state index contributed by atoms with van der Waals surface area (Å²) in [6, 6.07) is 6.05. The number of carboxylic acids is 1. The van der Waals surface area contributed by atoms with Gasteiger partial charge in [-0.1, -0.05) is 6.07 Å². The highest BCUT2D eigenvalue weighted by Crippen LogP contribution is 2.13. The number of hydrogen-bond donors (Lipinski definition) is 2. The molecule has 17 heavy (non-hydrogen) atoms. The first-order valence-corrected chi connectivity index (χ1v) is 5.59. The molecule has 0 aliphatic heterocycles.